The van der Waals surface area contributed by atoms with E-state index in [-0.39, 0.29) is 17.9 Å². The minimum atomic E-state index is -0.493. The Morgan fingerprint density at radius 1 is 0.955 bits per heavy atom. The number of pyridine rings is 1. The van der Waals surface area contributed by atoms with E-state index < -0.39 is 5.60 Å². The molecular weight excluding hydrogens is 706 g/mol. The van der Waals surface area contributed by atoms with E-state index in [0.29, 0.717) is 31.3 Å². The number of carbonyl (C=O) groups excluding carboxylic acids is 2. The van der Waals surface area contributed by atoms with Crippen molar-refractivity contribution in [3.63, 3.8) is 0 Å². The molecule has 6 nitrogen and oxygen atoms in total. The number of halogens is 3. The number of ether oxygens (including phenoxy) is 1. The van der Waals surface area contributed by atoms with Crippen molar-refractivity contribution in [1.82, 2.24) is 14.8 Å². The first kappa shape index (κ1) is 35.2. The van der Waals surface area contributed by atoms with Gasteiger partial charge in [0.05, 0.1) is 5.69 Å². The molecule has 3 heterocycles. The topological polar surface area (TPSA) is 62.7 Å². The van der Waals surface area contributed by atoms with Gasteiger partial charge >= 0.3 is 6.09 Å². The number of rotatable bonds is 3. The Kier molecular flexibility index (Phi) is 12.2. The van der Waals surface area contributed by atoms with E-state index in [4.69, 9.17) is 21.3 Å². The summed E-state index contributed by atoms with van der Waals surface area (Å²) in [7, 11) is 0. The van der Waals surface area contributed by atoms with Crippen molar-refractivity contribution < 1.29 is 14.3 Å². The fraction of sp³-hybridized carbons (Fsp3) is 0.629. The zero-order valence-electron chi connectivity index (χ0n) is 27.1. The van der Waals surface area contributed by atoms with Crippen LogP contribution in [0.5, 0.6) is 0 Å². The number of aromatic nitrogens is 1. The molecule has 0 N–H and O–H groups in total. The number of carbonyl (C=O) groups is 2. The van der Waals surface area contributed by atoms with Crippen molar-refractivity contribution in [1.29, 1.82) is 0 Å². The van der Waals surface area contributed by atoms with E-state index in [9.17, 15) is 9.59 Å². The number of benzene rings is 1. The lowest BCUT2D eigenvalue weighted by atomic mass is 9.76. The van der Waals surface area contributed by atoms with E-state index in [1.165, 1.54) is 16.7 Å². The van der Waals surface area contributed by atoms with Crippen LogP contribution in [0, 0.1) is 17.8 Å². The Morgan fingerprint density at radius 2 is 1.55 bits per heavy atom. The fourth-order valence-electron chi connectivity index (χ4n) is 6.53. The van der Waals surface area contributed by atoms with Crippen LogP contribution in [-0.4, -0.2) is 58.6 Å². The molecule has 2 aromatic rings. The summed E-state index contributed by atoms with van der Waals surface area (Å²) in [6.45, 7) is 15.0. The number of hydrogen-bond donors (Lipinski definition) is 0. The number of amides is 2. The lowest BCUT2D eigenvalue weighted by Crippen LogP contribution is -2.44. The van der Waals surface area contributed by atoms with E-state index in [0.717, 1.165) is 77.2 Å². The molecule has 44 heavy (non-hydrogen) atoms. The van der Waals surface area contributed by atoms with Crippen molar-refractivity contribution in [2.24, 2.45) is 17.8 Å². The Hall–Kier alpha value is -1.64. The first-order valence-corrected chi connectivity index (χ1v) is 18.1. The molecule has 2 fully saturated rings. The predicted octanol–water partition coefficient (Wildman–Crippen LogP) is 9.43. The second-order valence-corrected chi connectivity index (χ2v) is 16.4. The van der Waals surface area contributed by atoms with Crippen LogP contribution >= 0.6 is 43.5 Å². The zero-order valence-corrected chi connectivity index (χ0v) is 31.0. The van der Waals surface area contributed by atoms with Crippen LogP contribution in [0.3, 0.4) is 0 Å². The highest BCUT2D eigenvalue weighted by molar-refractivity contribution is 9.10. The molecule has 0 radical (unpaired) electrons. The van der Waals surface area contributed by atoms with Crippen molar-refractivity contribution in [2.75, 3.05) is 26.2 Å². The summed E-state index contributed by atoms with van der Waals surface area (Å²) in [6, 6.07) is 6.33. The lowest BCUT2D eigenvalue weighted by Gasteiger charge is -2.38. The zero-order chi connectivity index (χ0) is 32.2. The first-order valence-electron chi connectivity index (χ1n) is 16.1. The second kappa shape index (κ2) is 15.3. The van der Waals surface area contributed by atoms with Crippen LogP contribution in [-0.2, 0) is 22.4 Å². The van der Waals surface area contributed by atoms with E-state index in [1.54, 1.807) is 4.90 Å². The largest absolute Gasteiger partial charge is 0.444 e. The fourth-order valence-corrected chi connectivity index (χ4v) is 8.03. The third-order valence-electron chi connectivity index (χ3n) is 8.51. The molecule has 2 aliphatic heterocycles. The first-order chi connectivity index (χ1) is 20.7. The highest BCUT2D eigenvalue weighted by atomic mass is 79.9. The average molecular weight is 754 g/mol. The van der Waals surface area contributed by atoms with Crippen molar-refractivity contribution >= 4 is 55.5 Å². The number of nitrogens with zero attached hydrogens (tertiary/aromatic N) is 3. The standard InChI is InChI=1S/C31H38Br2ClN3O3.C4H10/c1-31(2,3)40-30(39)37-10-6-19(7-11-37)14-26(38)36-12-8-20(9-13-36)28-27-21(16-24(34)17-25(27)33)4-5-22-15-23(32)18-35-29(22)28;1-4(2)3/h15-20,28H,4-14H2,1-3H3;4H,1-3H3. The number of likely N-dealkylation sites (tertiary alicyclic amines) is 2. The Morgan fingerprint density at radius 3 is 2.16 bits per heavy atom. The summed E-state index contributed by atoms with van der Waals surface area (Å²) in [6.07, 6.45) is 7.65. The maximum Gasteiger partial charge on any atom is 0.410 e. The molecule has 1 atom stereocenters. The van der Waals surface area contributed by atoms with Crippen LogP contribution < -0.4 is 0 Å². The van der Waals surface area contributed by atoms with Gasteiger partial charge in [0.2, 0.25) is 5.91 Å². The SMILES string of the molecule is CC(C)(C)OC(=O)N1CCC(CC(=O)N2CCC(C3c4ncc(Br)cc4CCc4cc(Cl)cc(Br)c43)CC2)CC1.CC(C)C. The molecule has 2 amide bonds. The number of aryl methyl sites for hydroxylation is 2. The summed E-state index contributed by atoms with van der Waals surface area (Å²) >= 11 is 13.9. The van der Waals surface area contributed by atoms with Gasteiger partial charge in [0, 0.05) is 58.7 Å². The average Bonchev–Trinajstić information content (AvgIpc) is 3.09. The van der Waals surface area contributed by atoms with E-state index >= 15 is 0 Å². The minimum Gasteiger partial charge on any atom is -0.444 e. The maximum absolute atomic E-state index is 13.3. The Balaban J connectivity index is 0.00000104. The summed E-state index contributed by atoms with van der Waals surface area (Å²) in [5.41, 5.74) is 4.54. The molecule has 2 saturated heterocycles. The maximum atomic E-state index is 13.3. The van der Waals surface area contributed by atoms with Crippen LogP contribution in [0.25, 0.3) is 0 Å². The molecule has 0 saturated carbocycles. The van der Waals surface area contributed by atoms with Gasteiger partial charge in [-0.2, -0.15) is 0 Å². The second-order valence-electron chi connectivity index (χ2n) is 14.2. The summed E-state index contributed by atoms with van der Waals surface area (Å²) in [5.74, 6) is 1.95. The quantitative estimate of drug-likeness (QED) is 0.314. The summed E-state index contributed by atoms with van der Waals surface area (Å²) < 4.78 is 7.57. The smallest absolute Gasteiger partial charge is 0.410 e. The lowest BCUT2D eigenvalue weighted by molar-refractivity contribution is -0.134. The van der Waals surface area contributed by atoms with Gasteiger partial charge in [-0.25, -0.2) is 4.79 Å². The van der Waals surface area contributed by atoms with Crippen LogP contribution in [0.2, 0.25) is 5.02 Å². The molecule has 9 heteroatoms. The van der Waals surface area contributed by atoms with Crippen molar-refractivity contribution in [3.8, 4) is 0 Å². The van der Waals surface area contributed by atoms with Gasteiger partial charge < -0.3 is 14.5 Å². The number of hydrogen-bond acceptors (Lipinski definition) is 4. The van der Waals surface area contributed by atoms with E-state index in [2.05, 4.69) is 69.7 Å². The van der Waals surface area contributed by atoms with Gasteiger partial charge in [0.25, 0.3) is 0 Å². The monoisotopic (exact) mass is 751 g/mol. The molecule has 0 bridgehead atoms. The van der Waals surface area contributed by atoms with Crippen molar-refractivity contribution in [3.05, 3.63) is 60.7 Å². The molecule has 0 spiro atoms. The molecule has 1 aromatic heterocycles. The molecule has 5 rings (SSSR count). The molecule has 1 unspecified atom stereocenters. The Labute approximate surface area is 285 Å². The minimum absolute atomic E-state index is 0.168. The van der Waals surface area contributed by atoms with Gasteiger partial charge in [-0.1, -0.05) is 48.3 Å². The van der Waals surface area contributed by atoms with Crippen LogP contribution in [0.4, 0.5) is 4.79 Å². The normalized spacial score (nSPS) is 19.5. The van der Waals surface area contributed by atoms with Gasteiger partial charge in [-0.05, 0) is 128 Å². The van der Waals surface area contributed by atoms with Gasteiger partial charge in [0.1, 0.15) is 5.60 Å². The molecular formula is C35H48Br2ClN3O3. The van der Waals surface area contributed by atoms with E-state index in [1.807, 2.05) is 33.0 Å². The third-order valence-corrected chi connectivity index (χ3v) is 9.82. The van der Waals surface area contributed by atoms with Gasteiger partial charge in [-0.3, -0.25) is 9.78 Å². The van der Waals surface area contributed by atoms with Crippen molar-refractivity contribution in [2.45, 2.75) is 98.0 Å². The summed E-state index contributed by atoms with van der Waals surface area (Å²) in [5, 5.41) is 0.752. The Bertz CT molecular complexity index is 1310. The van der Waals surface area contributed by atoms with Crippen LogP contribution in [0.1, 0.15) is 102 Å². The molecule has 1 aromatic carbocycles. The van der Waals surface area contributed by atoms with Gasteiger partial charge in [0.15, 0.2) is 0 Å². The van der Waals surface area contributed by atoms with Gasteiger partial charge in [-0.15, -0.1) is 0 Å². The number of fused-ring (bicyclic) bond motifs is 2. The molecule has 242 valence electrons. The molecule has 3 aliphatic rings. The number of piperidine rings is 2. The summed E-state index contributed by atoms with van der Waals surface area (Å²) in [4.78, 5) is 34.5. The highest BCUT2D eigenvalue weighted by Gasteiger charge is 2.37. The molecule has 1 aliphatic carbocycles. The van der Waals surface area contributed by atoms with Crippen LogP contribution in [0.15, 0.2) is 33.3 Å². The third kappa shape index (κ3) is 9.45. The predicted molar refractivity (Wildman–Crippen MR) is 185 cm³/mol. The highest BCUT2D eigenvalue weighted by Crippen LogP contribution is 2.46.